The van der Waals surface area contributed by atoms with Gasteiger partial charge in [-0.3, -0.25) is 4.79 Å². The molecule has 0 saturated carbocycles. The van der Waals surface area contributed by atoms with Crippen molar-refractivity contribution < 1.29 is 14.6 Å². The zero-order valence-corrected chi connectivity index (χ0v) is 14.1. The molecule has 0 aliphatic heterocycles. The normalized spacial score (nSPS) is 13.2. The summed E-state index contributed by atoms with van der Waals surface area (Å²) in [5.41, 5.74) is 0.896. The Morgan fingerprint density at radius 2 is 1.95 bits per heavy atom. The average Bonchev–Trinajstić information content (AvgIpc) is 2.43. The van der Waals surface area contributed by atoms with Gasteiger partial charge in [-0.15, -0.1) is 0 Å². The van der Waals surface area contributed by atoms with E-state index in [1.807, 2.05) is 37.3 Å². The van der Waals surface area contributed by atoms with Crippen LogP contribution in [0.3, 0.4) is 0 Å². The van der Waals surface area contributed by atoms with Crippen LogP contribution in [-0.2, 0) is 9.53 Å². The summed E-state index contributed by atoms with van der Waals surface area (Å²) in [6.07, 6.45) is -0.941. The highest BCUT2D eigenvalue weighted by molar-refractivity contribution is 6.36. The summed E-state index contributed by atoms with van der Waals surface area (Å²) >= 11 is 6.45. The van der Waals surface area contributed by atoms with Crippen LogP contribution in [0, 0.1) is 12.3 Å². The van der Waals surface area contributed by atoms with E-state index in [-0.39, 0.29) is 12.6 Å². The Morgan fingerprint density at radius 1 is 1.32 bits per heavy atom. The summed E-state index contributed by atoms with van der Waals surface area (Å²) in [6, 6.07) is 9.71. The molecule has 1 atom stereocenters. The van der Waals surface area contributed by atoms with Gasteiger partial charge in [0.1, 0.15) is 12.7 Å². The van der Waals surface area contributed by atoms with Crippen molar-refractivity contribution >= 4 is 28.3 Å². The van der Waals surface area contributed by atoms with E-state index >= 15 is 0 Å². The highest BCUT2D eigenvalue weighted by Crippen LogP contribution is 2.34. The molecule has 0 fully saturated rings. The number of carbonyl (C=O) groups is 1. The first-order valence-electron chi connectivity index (χ1n) is 7.25. The van der Waals surface area contributed by atoms with Crippen LogP contribution >= 0.6 is 11.6 Å². The van der Waals surface area contributed by atoms with E-state index in [2.05, 4.69) is 0 Å². The second-order valence-electron chi connectivity index (χ2n) is 6.51. The molecule has 118 valence electrons. The number of aryl methyl sites for hydroxylation is 1. The zero-order chi connectivity index (χ0) is 16.5. The minimum absolute atomic E-state index is 0.102. The predicted molar refractivity (Wildman–Crippen MR) is 89.1 cm³/mol. The van der Waals surface area contributed by atoms with Crippen LogP contribution < -0.4 is 0 Å². The Morgan fingerprint density at radius 3 is 2.59 bits per heavy atom. The molecular formula is C18H21ClO3. The first kappa shape index (κ1) is 16.8. The topological polar surface area (TPSA) is 46.5 Å². The average molecular weight is 321 g/mol. The monoisotopic (exact) mass is 320 g/mol. The fourth-order valence-corrected chi connectivity index (χ4v) is 2.76. The van der Waals surface area contributed by atoms with Crippen molar-refractivity contribution in [1.82, 2.24) is 0 Å². The molecule has 22 heavy (non-hydrogen) atoms. The zero-order valence-electron chi connectivity index (χ0n) is 13.3. The van der Waals surface area contributed by atoms with E-state index in [0.29, 0.717) is 10.6 Å². The summed E-state index contributed by atoms with van der Waals surface area (Å²) in [5.74, 6) is -0.346. The van der Waals surface area contributed by atoms with Crippen LogP contribution in [0.25, 0.3) is 10.8 Å². The fourth-order valence-electron chi connectivity index (χ4n) is 2.32. The van der Waals surface area contributed by atoms with Crippen molar-refractivity contribution in [3.05, 3.63) is 46.5 Å². The van der Waals surface area contributed by atoms with Crippen molar-refractivity contribution in [3.8, 4) is 0 Å². The van der Waals surface area contributed by atoms with Crippen LogP contribution in [0.4, 0.5) is 0 Å². The number of halogens is 1. The summed E-state index contributed by atoms with van der Waals surface area (Å²) in [7, 11) is 0. The number of hydrogen-bond donors (Lipinski definition) is 1. The van der Waals surface area contributed by atoms with E-state index in [1.165, 1.54) is 0 Å². The number of carbonyl (C=O) groups excluding carboxylic acids is 1. The lowest BCUT2D eigenvalue weighted by Gasteiger charge is -2.21. The number of ether oxygens (including phenoxy) is 1. The van der Waals surface area contributed by atoms with Gasteiger partial charge in [0.15, 0.2) is 0 Å². The van der Waals surface area contributed by atoms with Crippen LogP contribution in [-0.4, -0.2) is 17.7 Å². The minimum atomic E-state index is -0.941. The van der Waals surface area contributed by atoms with Crippen molar-refractivity contribution in [2.75, 3.05) is 6.61 Å². The van der Waals surface area contributed by atoms with Crippen LogP contribution in [0.2, 0.25) is 5.02 Å². The standard InChI is InChI=1S/C18H21ClO3/c1-11-9-12-7-5-6-8-13(12)16(19)15(11)14(20)10-22-17(21)18(2,3)4/h5-9,14,20H,10H2,1-4H3. The molecule has 2 aromatic rings. The fraction of sp³-hybridized carbons (Fsp3) is 0.389. The molecule has 1 unspecified atom stereocenters. The highest BCUT2D eigenvalue weighted by atomic mass is 35.5. The first-order valence-corrected chi connectivity index (χ1v) is 7.62. The molecule has 0 saturated heterocycles. The van der Waals surface area contributed by atoms with Gasteiger partial charge in [0.2, 0.25) is 0 Å². The third kappa shape index (κ3) is 3.42. The maximum absolute atomic E-state index is 11.8. The molecule has 2 aromatic carbocycles. The minimum Gasteiger partial charge on any atom is -0.462 e. The van der Waals surface area contributed by atoms with Crippen molar-refractivity contribution in [1.29, 1.82) is 0 Å². The number of rotatable bonds is 3. The third-order valence-electron chi connectivity index (χ3n) is 3.55. The second kappa shape index (κ2) is 6.27. The van der Waals surface area contributed by atoms with E-state index in [9.17, 15) is 9.90 Å². The summed E-state index contributed by atoms with van der Waals surface area (Å²) in [6.45, 7) is 7.11. The lowest BCUT2D eigenvalue weighted by molar-refractivity contribution is -0.156. The number of aliphatic hydroxyl groups is 1. The van der Waals surface area contributed by atoms with Crippen LogP contribution in [0.5, 0.6) is 0 Å². The Balaban J connectivity index is 2.28. The van der Waals surface area contributed by atoms with Crippen molar-refractivity contribution in [2.24, 2.45) is 5.41 Å². The molecule has 0 aromatic heterocycles. The number of esters is 1. The second-order valence-corrected chi connectivity index (χ2v) is 6.88. The lowest BCUT2D eigenvalue weighted by Crippen LogP contribution is -2.25. The third-order valence-corrected chi connectivity index (χ3v) is 3.96. The molecule has 0 aliphatic rings. The van der Waals surface area contributed by atoms with Crippen LogP contribution in [0.1, 0.15) is 38.0 Å². The summed E-state index contributed by atoms with van der Waals surface area (Å²) < 4.78 is 5.20. The van der Waals surface area contributed by atoms with E-state index in [4.69, 9.17) is 16.3 Å². The SMILES string of the molecule is Cc1cc2ccccc2c(Cl)c1C(O)COC(=O)C(C)(C)C. The van der Waals surface area contributed by atoms with Crippen LogP contribution in [0.15, 0.2) is 30.3 Å². The molecule has 0 bridgehead atoms. The number of fused-ring (bicyclic) bond motifs is 1. The van der Waals surface area contributed by atoms with Gasteiger partial charge in [-0.1, -0.05) is 41.9 Å². The molecule has 0 spiro atoms. The molecule has 0 amide bonds. The van der Waals surface area contributed by atoms with Gasteiger partial charge in [-0.05, 0) is 38.6 Å². The Labute approximate surface area is 135 Å². The quantitative estimate of drug-likeness (QED) is 0.851. The molecular weight excluding hydrogens is 300 g/mol. The van der Waals surface area contributed by atoms with Gasteiger partial charge in [0.05, 0.1) is 10.4 Å². The van der Waals surface area contributed by atoms with E-state index in [1.54, 1.807) is 20.8 Å². The Kier molecular flexibility index (Phi) is 4.78. The van der Waals surface area contributed by atoms with Gasteiger partial charge >= 0.3 is 5.97 Å². The molecule has 4 heteroatoms. The van der Waals surface area contributed by atoms with Gasteiger partial charge in [-0.2, -0.15) is 0 Å². The van der Waals surface area contributed by atoms with Gasteiger partial charge in [-0.25, -0.2) is 0 Å². The largest absolute Gasteiger partial charge is 0.462 e. The van der Waals surface area contributed by atoms with Crippen molar-refractivity contribution in [3.63, 3.8) is 0 Å². The van der Waals surface area contributed by atoms with Crippen molar-refractivity contribution in [2.45, 2.75) is 33.8 Å². The number of hydrogen-bond acceptors (Lipinski definition) is 3. The van der Waals surface area contributed by atoms with E-state index < -0.39 is 11.5 Å². The molecule has 3 nitrogen and oxygen atoms in total. The maximum Gasteiger partial charge on any atom is 0.311 e. The molecule has 0 radical (unpaired) electrons. The smallest absolute Gasteiger partial charge is 0.311 e. The molecule has 0 heterocycles. The highest BCUT2D eigenvalue weighted by Gasteiger charge is 2.25. The number of benzene rings is 2. The number of aliphatic hydroxyl groups excluding tert-OH is 1. The maximum atomic E-state index is 11.8. The molecule has 1 N–H and O–H groups in total. The van der Waals surface area contributed by atoms with Gasteiger partial charge < -0.3 is 9.84 Å². The van der Waals surface area contributed by atoms with Gasteiger partial charge in [0.25, 0.3) is 0 Å². The lowest BCUT2D eigenvalue weighted by atomic mass is 9.97. The first-order chi connectivity index (χ1) is 10.2. The predicted octanol–water partition coefficient (Wildman–Crippen LogP) is 4.42. The molecule has 2 rings (SSSR count). The Bertz CT molecular complexity index is 701. The van der Waals surface area contributed by atoms with E-state index in [0.717, 1.165) is 16.3 Å². The Hall–Kier alpha value is -1.58. The summed E-state index contributed by atoms with van der Waals surface area (Å²) in [5, 5.41) is 12.8. The molecule has 0 aliphatic carbocycles. The van der Waals surface area contributed by atoms with Gasteiger partial charge in [0, 0.05) is 10.9 Å². The summed E-state index contributed by atoms with van der Waals surface area (Å²) in [4.78, 5) is 11.8.